The first kappa shape index (κ1) is 19.5. The van der Waals surface area contributed by atoms with E-state index in [1.165, 1.54) is 34.8 Å². The highest BCUT2D eigenvalue weighted by Crippen LogP contribution is 2.29. The zero-order chi connectivity index (χ0) is 20.4. The third kappa shape index (κ3) is 4.43. The van der Waals surface area contributed by atoms with Crippen LogP contribution in [0.3, 0.4) is 0 Å². The Labute approximate surface area is 172 Å². The van der Waals surface area contributed by atoms with Gasteiger partial charge in [-0.1, -0.05) is 47.6 Å². The van der Waals surface area contributed by atoms with Gasteiger partial charge < -0.3 is 0 Å². The number of benzene rings is 2. The minimum absolute atomic E-state index is 0.293. The average Bonchev–Trinajstić information content (AvgIpc) is 3.11. The second-order valence-corrected chi connectivity index (χ2v) is 7.33. The molecule has 11 heteroatoms. The van der Waals surface area contributed by atoms with Gasteiger partial charge in [0, 0.05) is 10.8 Å². The molecule has 1 aliphatic heterocycles. The molecular weight excluding hydrogens is 425 g/mol. The topological polar surface area (TPSA) is 67.5 Å². The molecule has 0 radical (unpaired) electrons. The number of nitrogens with one attached hydrogen (secondary N) is 1. The first-order chi connectivity index (χ1) is 13.9. The van der Waals surface area contributed by atoms with E-state index in [4.69, 9.17) is 11.6 Å². The van der Waals surface area contributed by atoms with Crippen LogP contribution in [-0.4, -0.2) is 32.6 Å². The lowest BCUT2D eigenvalue weighted by atomic mass is 10.1. The molecule has 6 nitrogen and oxygen atoms in total. The number of rotatable bonds is 4. The van der Waals surface area contributed by atoms with Crippen LogP contribution in [0.5, 0.6) is 0 Å². The third-order valence-electron chi connectivity index (χ3n) is 3.96. The Morgan fingerprint density at radius 1 is 1.07 bits per heavy atom. The SMILES string of the molecule is FC(F)(F)c1ccc(/C=N/Nc2nnc3n2N=C(c2ccc(Cl)cc2)CS3)cc1. The van der Waals surface area contributed by atoms with Crippen molar-refractivity contribution in [3.8, 4) is 0 Å². The highest BCUT2D eigenvalue weighted by atomic mass is 35.5. The number of hydrazone groups is 1. The van der Waals surface area contributed by atoms with Gasteiger partial charge in [0.15, 0.2) is 0 Å². The van der Waals surface area contributed by atoms with Crippen molar-refractivity contribution in [3.63, 3.8) is 0 Å². The molecule has 0 fully saturated rings. The van der Waals surface area contributed by atoms with Crippen LogP contribution < -0.4 is 5.43 Å². The molecule has 4 rings (SSSR count). The highest BCUT2D eigenvalue weighted by Gasteiger charge is 2.29. The molecule has 0 unspecified atom stereocenters. The van der Waals surface area contributed by atoms with E-state index in [2.05, 4.69) is 25.8 Å². The molecule has 1 aromatic heterocycles. The van der Waals surface area contributed by atoms with Gasteiger partial charge in [0.1, 0.15) is 0 Å². The van der Waals surface area contributed by atoms with Gasteiger partial charge in [0.25, 0.3) is 5.95 Å². The molecule has 0 spiro atoms. The van der Waals surface area contributed by atoms with Crippen LogP contribution in [0.2, 0.25) is 5.02 Å². The van der Waals surface area contributed by atoms with Crippen molar-refractivity contribution in [2.75, 3.05) is 11.2 Å². The summed E-state index contributed by atoms with van der Waals surface area (Å²) in [6.45, 7) is 0. The van der Waals surface area contributed by atoms with E-state index in [9.17, 15) is 13.2 Å². The van der Waals surface area contributed by atoms with Crippen LogP contribution in [0.4, 0.5) is 19.1 Å². The van der Waals surface area contributed by atoms with Gasteiger partial charge in [-0.3, -0.25) is 0 Å². The molecule has 0 aliphatic carbocycles. The number of nitrogens with zero attached hydrogens (tertiary/aromatic N) is 5. The van der Waals surface area contributed by atoms with Crippen LogP contribution in [0.1, 0.15) is 16.7 Å². The summed E-state index contributed by atoms with van der Waals surface area (Å²) < 4.78 is 39.4. The Kier molecular flexibility index (Phi) is 5.29. The maximum absolute atomic E-state index is 12.6. The summed E-state index contributed by atoms with van der Waals surface area (Å²) in [5.74, 6) is 0.927. The van der Waals surface area contributed by atoms with Crippen LogP contribution in [-0.2, 0) is 6.18 Å². The summed E-state index contributed by atoms with van der Waals surface area (Å²) in [7, 11) is 0. The van der Waals surface area contributed by atoms with Gasteiger partial charge in [-0.15, -0.1) is 10.2 Å². The largest absolute Gasteiger partial charge is 0.416 e. The number of alkyl halides is 3. The molecule has 3 aromatic rings. The first-order valence-corrected chi connectivity index (χ1v) is 9.65. The summed E-state index contributed by atoms with van der Waals surface area (Å²) >= 11 is 7.40. The van der Waals surface area contributed by atoms with Crippen molar-refractivity contribution in [1.82, 2.24) is 14.9 Å². The zero-order valence-electron chi connectivity index (χ0n) is 14.6. The summed E-state index contributed by atoms with van der Waals surface area (Å²) in [6, 6.07) is 12.0. The van der Waals surface area contributed by atoms with Gasteiger partial charge in [-0.25, -0.2) is 5.43 Å². The summed E-state index contributed by atoms with van der Waals surface area (Å²) in [4.78, 5) is 0. The zero-order valence-corrected chi connectivity index (χ0v) is 16.1. The lowest BCUT2D eigenvalue weighted by Gasteiger charge is -2.13. The number of aromatic nitrogens is 3. The molecule has 1 aliphatic rings. The van der Waals surface area contributed by atoms with E-state index in [1.54, 1.807) is 12.1 Å². The normalized spacial score (nSPS) is 14.0. The van der Waals surface area contributed by atoms with E-state index >= 15 is 0 Å². The minimum atomic E-state index is -4.37. The van der Waals surface area contributed by atoms with Crippen LogP contribution in [0, 0.1) is 0 Å². The summed E-state index contributed by atoms with van der Waals surface area (Å²) in [5, 5.41) is 17.9. The smallest absolute Gasteiger partial charge is 0.244 e. The molecule has 0 atom stereocenters. The second kappa shape index (κ2) is 7.88. The number of fused-ring (bicyclic) bond motifs is 1. The maximum atomic E-state index is 12.6. The molecular formula is C18H12ClF3N6S. The highest BCUT2D eigenvalue weighted by molar-refractivity contribution is 7.99. The number of anilines is 1. The van der Waals surface area contributed by atoms with Crippen molar-refractivity contribution >= 4 is 41.2 Å². The summed E-state index contributed by atoms with van der Waals surface area (Å²) in [5.41, 5.74) is 4.27. The summed E-state index contributed by atoms with van der Waals surface area (Å²) in [6.07, 6.45) is -2.98. The minimum Gasteiger partial charge on any atom is -0.244 e. The van der Waals surface area contributed by atoms with E-state index in [0.717, 1.165) is 23.4 Å². The third-order valence-corrected chi connectivity index (χ3v) is 5.15. The molecule has 148 valence electrons. The monoisotopic (exact) mass is 436 g/mol. The second-order valence-electron chi connectivity index (χ2n) is 5.95. The number of hydrogen-bond acceptors (Lipinski definition) is 6. The van der Waals surface area contributed by atoms with Gasteiger partial charge in [0.05, 0.1) is 17.5 Å². The van der Waals surface area contributed by atoms with Crippen molar-refractivity contribution < 1.29 is 13.2 Å². The van der Waals surface area contributed by atoms with Gasteiger partial charge in [-0.2, -0.15) is 28.1 Å². The maximum Gasteiger partial charge on any atom is 0.416 e. The van der Waals surface area contributed by atoms with Crippen molar-refractivity contribution in [3.05, 3.63) is 70.2 Å². The molecule has 0 saturated carbocycles. The van der Waals surface area contributed by atoms with Gasteiger partial charge in [0.2, 0.25) is 5.16 Å². The number of hydrogen-bond donors (Lipinski definition) is 1. The van der Waals surface area contributed by atoms with E-state index in [0.29, 0.717) is 27.4 Å². The molecule has 0 amide bonds. The fourth-order valence-corrected chi connectivity index (χ4v) is 3.47. The van der Waals surface area contributed by atoms with Crippen molar-refractivity contribution in [2.45, 2.75) is 11.3 Å². The molecule has 2 heterocycles. The lowest BCUT2D eigenvalue weighted by Crippen LogP contribution is -2.14. The standard InChI is InChI=1S/C18H12ClF3N6S/c19-14-7-3-12(4-8-14)15-10-29-17-26-25-16(28(17)27-15)24-23-9-11-1-5-13(6-2-11)18(20,21)22/h1-9H,10H2,(H,24,25)/b23-9+. The fraction of sp³-hybridized carbons (Fsp3) is 0.111. The predicted molar refractivity (Wildman–Crippen MR) is 107 cm³/mol. The van der Waals surface area contributed by atoms with Gasteiger partial charge >= 0.3 is 6.18 Å². The Morgan fingerprint density at radius 2 is 1.79 bits per heavy atom. The van der Waals surface area contributed by atoms with Crippen LogP contribution in [0.15, 0.2) is 63.9 Å². The number of thioether (sulfide) groups is 1. The number of halogens is 4. The fourth-order valence-electron chi connectivity index (χ4n) is 2.50. The van der Waals surface area contributed by atoms with Crippen molar-refractivity contribution in [2.24, 2.45) is 10.2 Å². The molecule has 2 aromatic carbocycles. The molecule has 0 saturated heterocycles. The van der Waals surface area contributed by atoms with Crippen LogP contribution >= 0.6 is 23.4 Å². The predicted octanol–water partition coefficient (Wildman–Crippen LogP) is 4.75. The lowest BCUT2D eigenvalue weighted by molar-refractivity contribution is -0.137. The molecule has 0 bridgehead atoms. The Morgan fingerprint density at radius 3 is 2.48 bits per heavy atom. The average molecular weight is 437 g/mol. The van der Waals surface area contributed by atoms with Crippen molar-refractivity contribution in [1.29, 1.82) is 0 Å². The molecule has 29 heavy (non-hydrogen) atoms. The van der Waals surface area contributed by atoms with E-state index in [-0.39, 0.29) is 0 Å². The molecule has 1 N–H and O–H groups in total. The first-order valence-electron chi connectivity index (χ1n) is 8.28. The van der Waals surface area contributed by atoms with Gasteiger partial charge in [-0.05, 0) is 35.4 Å². The van der Waals surface area contributed by atoms with E-state index < -0.39 is 11.7 Å². The Hall–Kier alpha value is -2.85. The Balaban J connectivity index is 1.50. The Bertz CT molecular complexity index is 1070. The van der Waals surface area contributed by atoms with E-state index in [1.807, 2.05) is 12.1 Å². The van der Waals surface area contributed by atoms with Crippen LogP contribution in [0.25, 0.3) is 0 Å². The quantitative estimate of drug-likeness (QED) is 0.473.